The van der Waals surface area contributed by atoms with Crippen LogP contribution in [0.2, 0.25) is 0 Å². The second kappa shape index (κ2) is 4.24. The van der Waals surface area contributed by atoms with Gasteiger partial charge in [0.1, 0.15) is 0 Å². The molecule has 0 spiro atoms. The monoisotopic (exact) mass is 170 g/mol. The van der Waals surface area contributed by atoms with Gasteiger partial charge in [0.25, 0.3) is 0 Å². The van der Waals surface area contributed by atoms with Crippen LogP contribution in [0.15, 0.2) is 0 Å². The van der Waals surface area contributed by atoms with E-state index in [2.05, 4.69) is 31.4 Å². The molecule has 1 aliphatic heterocycles. The second-order valence-electron chi connectivity index (χ2n) is 4.12. The fraction of sp³-hybridized carbons (Fsp3) is 1.00. The maximum Gasteiger partial charge on any atom is 0.0686 e. The van der Waals surface area contributed by atoms with Gasteiger partial charge in [0.15, 0.2) is 0 Å². The van der Waals surface area contributed by atoms with Gasteiger partial charge in [0.05, 0.1) is 5.66 Å². The highest BCUT2D eigenvalue weighted by molar-refractivity contribution is 4.88. The van der Waals surface area contributed by atoms with Crippen molar-refractivity contribution in [2.45, 2.75) is 58.2 Å². The highest BCUT2D eigenvalue weighted by atomic mass is 15.2. The molecule has 0 saturated carbocycles. The van der Waals surface area contributed by atoms with E-state index in [1.807, 2.05) is 0 Å². The van der Waals surface area contributed by atoms with E-state index < -0.39 is 0 Å². The van der Waals surface area contributed by atoms with E-state index in [9.17, 15) is 0 Å². The fourth-order valence-corrected chi connectivity index (χ4v) is 2.05. The average Bonchev–Trinajstić information content (AvgIpc) is 2.05. The Morgan fingerprint density at radius 3 is 2.58 bits per heavy atom. The molecule has 0 radical (unpaired) electrons. The topological polar surface area (TPSA) is 24.1 Å². The third-order valence-corrected chi connectivity index (χ3v) is 2.66. The number of hydrogen-bond acceptors (Lipinski definition) is 2. The van der Waals surface area contributed by atoms with Crippen LogP contribution in [-0.4, -0.2) is 18.2 Å². The summed E-state index contributed by atoms with van der Waals surface area (Å²) >= 11 is 0. The molecule has 1 atom stereocenters. The lowest BCUT2D eigenvalue weighted by Gasteiger charge is -2.40. The highest BCUT2D eigenvalue weighted by Crippen LogP contribution is 2.20. The molecule has 12 heavy (non-hydrogen) atoms. The number of hydrogen-bond donors (Lipinski definition) is 2. The molecule has 2 N–H and O–H groups in total. The lowest BCUT2D eigenvalue weighted by molar-refractivity contribution is 0.178. The van der Waals surface area contributed by atoms with E-state index in [0.717, 1.165) is 0 Å². The minimum atomic E-state index is 0.242. The highest BCUT2D eigenvalue weighted by Gasteiger charge is 2.29. The Labute approximate surface area is 76.1 Å². The molecule has 0 aromatic carbocycles. The van der Waals surface area contributed by atoms with Crippen molar-refractivity contribution in [1.29, 1.82) is 0 Å². The Morgan fingerprint density at radius 2 is 2.17 bits per heavy atom. The fourth-order valence-electron chi connectivity index (χ4n) is 2.05. The minimum Gasteiger partial charge on any atom is -0.299 e. The van der Waals surface area contributed by atoms with E-state index in [4.69, 9.17) is 0 Å². The van der Waals surface area contributed by atoms with Gasteiger partial charge in [-0.1, -0.05) is 6.92 Å². The quantitative estimate of drug-likeness (QED) is 0.675. The van der Waals surface area contributed by atoms with Gasteiger partial charge in [0, 0.05) is 6.04 Å². The number of nitrogens with one attached hydrogen (secondary N) is 2. The average molecular weight is 170 g/mol. The van der Waals surface area contributed by atoms with Gasteiger partial charge in [-0.3, -0.25) is 10.6 Å². The van der Waals surface area contributed by atoms with Crippen molar-refractivity contribution in [3.8, 4) is 0 Å². The summed E-state index contributed by atoms with van der Waals surface area (Å²) in [6.07, 6.45) is 5.16. The summed E-state index contributed by atoms with van der Waals surface area (Å²) in [6, 6.07) is 0.579. The van der Waals surface area contributed by atoms with Gasteiger partial charge in [0.2, 0.25) is 0 Å². The van der Waals surface area contributed by atoms with E-state index in [0.29, 0.717) is 6.04 Å². The predicted molar refractivity (Wildman–Crippen MR) is 53.1 cm³/mol. The molecule has 1 heterocycles. The molecule has 1 saturated heterocycles. The Bertz CT molecular complexity index is 126. The van der Waals surface area contributed by atoms with Crippen LogP contribution in [0.3, 0.4) is 0 Å². The van der Waals surface area contributed by atoms with Crippen LogP contribution in [0, 0.1) is 0 Å². The molecule has 72 valence electrons. The maximum absolute atomic E-state index is 3.63. The van der Waals surface area contributed by atoms with Crippen molar-refractivity contribution in [2.75, 3.05) is 6.54 Å². The lowest BCUT2D eigenvalue weighted by atomic mass is 9.94. The standard InChI is InChI=1S/C10H22N2/c1-4-10(12-9(2)3)7-5-6-8-11-10/h9,11-12H,4-8H2,1-3H3. The summed E-state index contributed by atoms with van der Waals surface area (Å²) in [5.74, 6) is 0. The van der Waals surface area contributed by atoms with Gasteiger partial charge in [-0.05, 0) is 46.1 Å². The predicted octanol–water partition coefficient (Wildman–Crippen LogP) is 1.86. The third-order valence-electron chi connectivity index (χ3n) is 2.66. The zero-order valence-electron chi connectivity index (χ0n) is 8.61. The molecular weight excluding hydrogens is 148 g/mol. The van der Waals surface area contributed by atoms with Crippen molar-refractivity contribution >= 4 is 0 Å². The summed E-state index contributed by atoms with van der Waals surface area (Å²) in [7, 11) is 0. The van der Waals surface area contributed by atoms with Gasteiger partial charge in [-0.2, -0.15) is 0 Å². The Morgan fingerprint density at radius 1 is 1.42 bits per heavy atom. The third kappa shape index (κ3) is 2.46. The van der Waals surface area contributed by atoms with Crippen molar-refractivity contribution in [3.63, 3.8) is 0 Å². The molecule has 1 aliphatic rings. The van der Waals surface area contributed by atoms with Gasteiger partial charge in [-0.15, -0.1) is 0 Å². The zero-order valence-corrected chi connectivity index (χ0v) is 8.61. The van der Waals surface area contributed by atoms with Crippen molar-refractivity contribution in [1.82, 2.24) is 10.6 Å². The largest absolute Gasteiger partial charge is 0.299 e. The molecule has 0 aromatic rings. The summed E-state index contributed by atoms with van der Waals surface area (Å²) in [5, 5.41) is 7.24. The Hall–Kier alpha value is -0.0800. The first-order valence-electron chi connectivity index (χ1n) is 5.21. The first-order valence-corrected chi connectivity index (χ1v) is 5.21. The first-order chi connectivity index (χ1) is 5.68. The molecule has 1 fully saturated rings. The summed E-state index contributed by atoms with van der Waals surface area (Å²) in [5.41, 5.74) is 0.242. The smallest absolute Gasteiger partial charge is 0.0686 e. The van der Waals surface area contributed by atoms with Gasteiger partial charge in [-0.25, -0.2) is 0 Å². The molecule has 1 rings (SSSR count). The first kappa shape index (κ1) is 10.0. The molecule has 1 unspecified atom stereocenters. The van der Waals surface area contributed by atoms with Crippen LogP contribution in [0.1, 0.15) is 46.5 Å². The van der Waals surface area contributed by atoms with Crippen LogP contribution >= 0.6 is 0 Å². The zero-order chi connectivity index (χ0) is 9.03. The summed E-state index contributed by atoms with van der Waals surface area (Å²) in [6.45, 7) is 7.86. The molecule has 2 nitrogen and oxygen atoms in total. The Balaban J connectivity index is 2.48. The summed E-state index contributed by atoms with van der Waals surface area (Å²) in [4.78, 5) is 0. The molecule has 2 heteroatoms. The van der Waals surface area contributed by atoms with E-state index in [1.54, 1.807) is 0 Å². The van der Waals surface area contributed by atoms with Crippen LogP contribution in [-0.2, 0) is 0 Å². The molecule has 0 aromatic heterocycles. The van der Waals surface area contributed by atoms with Crippen molar-refractivity contribution in [2.24, 2.45) is 0 Å². The van der Waals surface area contributed by atoms with Crippen LogP contribution in [0.5, 0.6) is 0 Å². The van der Waals surface area contributed by atoms with Gasteiger partial charge >= 0.3 is 0 Å². The number of rotatable bonds is 3. The number of piperidine rings is 1. The van der Waals surface area contributed by atoms with Crippen molar-refractivity contribution in [3.05, 3.63) is 0 Å². The van der Waals surface area contributed by atoms with Crippen LogP contribution < -0.4 is 10.6 Å². The van der Waals surface area contributed by atoms with Gasteiger partial charge < -0.3 is 0 Å². The van der Waals surface area contributed by atoms with E-state index >= 15 is 0 Å². The maximum atomic E-state index is 3.63. The summed E-state index contributed by atoms with van der Waals surface area (Å²) < 4.78 is 0. The normalized spacial score (nSPS) is 31.0. The molecule has 0 bridgehead atoms. The Kier molecular flexibility index (Phi) is 3.53. The second-order valence-corrected chi connectivity index (χ2v) is 4.12. The van der Waals surface area contributed by atoms with Crippen LogP contribution in [0.25, 0.3) is 0 Å². The molecule has 0 aliphatic carbocycles. The van der Waals surface area contributed by atoms with E-state index in [-0.39, 0.29) is 5.66 Å². The van der Waals surface area contributed by atoms with Crippen molar-refractivity contribution < 1.29 is 0 Å². The van der Waals surface area contributed by atoms with Crippen LogP contribution in [0.4, 0.5) is 0 Å². The van der Waals surface area contributed by atoms with E-state index in [1.165, 1.54) is 32.2 Å². The molecule has 0 amide bonds. The minimum absolute atomic E-state index is 0.242. The SMILES string of the molecule is CCC1(NC(C)C)CCCCN1. The lowest BCUT2D eigenvalue weighted by Crippen LogP contribution is -2.60. The molecular formula is C10H22N2.